The molecule has 0 fully saturated rings. The number of nitrogens with one attached hydrogen (secondary N) is 2. The normalized spacial score (nSPS) is 11.9. The van der Waals surface area contributed by atoms with Crippen LogP contribution in [-0.2, 0) is 36.8 Å². The molecule has 12 heteroatoms. The fraction of sp³-hybridized carbons (Fsp3) is 0.286. The van der Waals surface area contributed by atoms with Crippen LogP contribution in [0.3, 0.4) is 0 Å². The number of carbonyl (C=O) groups is 1. The second kappa shape index (κ2) is 11.0. The second-order valence-corrected chi connectivity index (χ2v) is 12.4. The molecule has 2 N–H and O–H groups in total. The Bertz CT molecular complexity index is 1290. The van der Waals surface area contributed by atoms with Gasteiger partial charge in [0.1, 0.15) is 5.01 Å². The van der Waals surface area contributed by atoms with E-state index in [-0.39, 0.29) is 34.5 Å². The molecular formula is C21H24N4O5S3. The maximum atomic E-state index is 12.3. The Morgan fingerprint density at radius 3 is 2.36 bits per heavy atom. The summed E-state index contributed by atoms with van der Waals surface area (Å²) in [4.78, 5) is 12.3. The lowest BCUT2D eigenvalue weighted by Crippen LogP contribution is -2.25. The van der Waals surface area contributed by atoms with E-state index in [0.717, 1.165) is 16.9 Å². The van der Waals surface area contributed by atoms with Crippen molar-refractivity contribution in [2.75, 3.05) is 17.6 Å². The molecule has 2 aromatic carbocycles. The first-order chi connectivity index (χ1) is 15.6. The summed E-state index contributed by atoms with van der Waals surface area (Å²) in [6, 6.07) is 15.3. The minimum Gasteiger partial charge on any atom is -0.301 e. The molecule has 0 radical (unpaired) electrons. The maximum absolute atomic E-state index is 12.3. The van der Waals surface area contributed by atoms with Crippen molar-refractivity contribution in [2.45, 2.75) is 30.4 Å². The van der Waals surface area contributed by atoms with Crippen LogP contribution in [0, 0.1) is 6.92 Å². The van der Waals surface area contributed by atoms with Crippen molar-refractivity contribution in [3.05, 3.63) is 70.7 Å². The zero-order valence-corrected chi connectivity index (χ0v) is 20.3. The first-order valence-corrected chi connectivity index (χ1v) is 14.2. The van der Waals surface area contributed by atoms with Gasteiger partial charge in [0.2, 0.25) is 21.1 Å². The van der Waals surface area contributed by atoms with Gasteiger partial charge in [-0.25, -0.2) is 21.6 Å². The summed E-state index contributed by atoms with van der Waals surface area (Å²) in [5.41, 5.74) is 1.64. The van der Waals surface area contributed by atoms with Crippen molar-refractivity contribution in [3.63, 3.8) is 0 Å². The number of sulfone groups is 1. The topological polar surface area (TPSA) is 135 Å². The van der Waals surface area contributed by atoms with Gasteiger partial charge in [0, 0.05) is 19.4 Å². The van der Waals surface area contributed by atoms with E-state index in [1.165, 1.54) is 12.1 Å². The van der Waals surface area contributed by atoms with Gasteiger partial charge in [-0.2, -0.15) is 0 Å². The van der Waals surface area contributed by atoms with E-state index < -0.39 is 25.8 Å². The molecule has 0 aliphatic heterocycles. The quantitative estimate of drug-likeness (QED) is 0.406. The van der Waals surface area contributed by atoms with Gasteiger partial charge in [-0.1, -0.05) is 59.4 Å². The van der Waals surface area contributed by atoms with Gasteiger partial charge in [0.05, 0.1) is 16.4 Å². The first-order valence-electron chi connectivity index (χ1n) is 10.1. The van der Waals surface area contributed by atoms with Crippen LogP contribution in [0.4, 0.5) is 5.13 Å². The summed E-state index contributed by atoms with van der Waals surface area (Å²) in [6.07, 6.45) is 0.102. The summed E-state index contributed by atoms with van der Waals surface area (Å²) in [7, 11) is -7.05. The number of aryl methyl sites for hydroxylation is 1. The number of anilines is 1. The molecule has 3 aromatic rings. The van der Waals surface area contributed by atoms with Gasteiger partial charge >= 0.3 is 0 Å². The van der Waals surface area contributed by atoms with E-state index in [4.69, 9.17) is 0 Å². The molecule has 0 saturated heterocycles. The largest absolute Gasteiger partial charge is 0.301 e. The highest BCUT2D eigenvalue weighted by atomic mass is 32.2. The molecule has 0 atom stereocenters. The van der Waals surface area contributed by atoms with E-state index in [9.17, 15) is 21.6 Å². The van der Waals surface area contributed by atoms with Crippen molar-refractivity contribution >= 4 is 42.2 Å². The Kier molecular flexibility index (Phi) is 8.30. The number of hydrogen-bond acceptors (Lipinski definition) is 8. The fourth-order valence-corrected chi connectivity index (χ4v) is 5.96. The third-order valence-electron chi connectivity index (χ3n) is 4.54. The van der Waals surface area contributed by atoms with Gasteiger partial charge in [0.25, 0.3) is 0 Å². The maximum Gasteiger partial charge on any atom is 0.240 e. The average Bonchev–Trinajstić information content (AvgIpc) is 3.20. The smallest absolute Gasteiger partial charge is 0.240 e. The lowest BCUT2D eigenvalue weighted by atomic mass is 10.2. The number of benzene rings is 2. The number of rotatable bonds is 11. The molecule has 9 nitrogen and oxygen atoms in total. The summed E-state index contributed by atoms with van der Waals surface area (Å²) >= 11 is 1.11. The minimum absolute atomic E-state index is 0.122. The van der Waals surface area contributed by atoms with E-state index in [1.54, 1.807) is 42.5 Å². The molecule has 1 heterocycles. The Labute approximate surface area is 197 Å². The highest BCUT2D eigenvalue weighted by Gasteiger charge is 2.17. The average molecular weight is 509 g/mol. The number of aromatic nitrogens is 2. The van der Waals surface area contributed by atoms with Crippen LogP contribution in [0.1, 0.15) is 22.6 Å². The van der Waals surface area contributed by atoms with Gasteiger partial charge in [-0.05, 0) is 24.6 Å². The molecule has 3 rings (SSSR count). The van der Waals surface area contributed by atoms with Crippen molar-refractivity contribution in [3.8, 4) is 0 Å². The highest BCUT2D eigenvalue weighted by molar-refractivity contribution is 7.90. The minimum atomic E-state index is -3.62. The first kappa shape index (κ1) is 25.0. The van der Waals surface area contributed by atoms with Crippen molar-refractivity contribution in [1.29, 1.82) is 0 Å². The van der Waals surface area contributed by atoms with Gasteiger partial charge in [0.15, 0.2) is 9.84 Å². The predicted molar refractivity (Wildman–Crippen MR) is 127 cm³/mol. The molecule has 1 aromatic heterocycles. The number of hydrogen-bond donors (Lipinski definition) is 2. The number of amides is 1. The Morgan fingerprint density at radius 1 is 0.970 bits per heavy atom. The van der Waals surface area contributed by atoms with E-state index in [0.29, 0.717) is 17.0 Å². The fourth-order valence-electron chi connectivity index (χ4n) is 2.83. The lowest BCUT2D eigenvalue weighted by Gasteiger charge is -2.06. The summed E-state index contributed by atoms with van der Waals surface area (Å²) < 4.78 is 51.5. The molecule has 0 saturated carbocycles. The molecule has 0 aliphatic carbocycles. The third-order valence-corrected chi connectivity index (χ3v) is 8.52. The predicted octanol–water partition coefficient (Wildman–Crippen LogP) is 2.31. The summed E-state index contributed by atoms with van der Waals surface area (Å²) in [6.45, 7) is 2.00. The molecule has 0 spiro atoms. The Hall–Kier alpha value is -2.67. The molecule has 0 bridgehead atoms. The van der Waals surface area contributed by atoms with Crippen LogP contribution >= 0.6 is 11.3 Å². The molecule has 0 aliphatic rings. The zero-order chi connectivity index (χ0) is 23.9. The lowest BCUT2D eigenvalue weighted by molar-refractivity contribution is -0.115. The van der Waals surface area contributed by atoms with E-state index >= 15 is 0 Å². The van der Waals surface area contributed by atoms with Crippen molar-refractivity contribution in [1.82, 2.24) is 14.9 Å². The molecule has 176 valence electrons. The molecule has 33 heavy (non-hydrogen) atoms. The number of sulfonamides is 1. The highest BCUT2D eigenvalue weighted by Crippen LogP contribution is 2.17. The van der Waals surface area contributed by atoms with Crippen LogP contribution in [0.25, 0.3) is 0 Å². The van der Waals surface area contributed by atoms with Crippen molar-refractivity contribution < 1.29 is 21.6 Å². The van der Waals surface area contributed by atoms with Gasteiger partial charge in [-0.3, -0.25) is 4.79 Å². The molecule has 1 amide bonds. The SMILES string of the molecule is Cc1ccc(S(=O)(=O)NCCc2nnc(NC(=O)CCS(=O)(=O)Cc3ccccc3)s2)cc1. The zero-order valence-electron chi connectivity index (χ0n) is 17.9. The summed E-state index contributed by atoms with van der Waals surface area (Å²) in [5, 5.41) is 11.1. The van der Waals surface area contributed by atoms with Crippen LogP contribution in [0.5, 0.6) is 0 Å². The molecule has 0 unspecified atom stereocenters. The van der Waals surface area contributed by atoms with Crippen LogP contribution in [-0.4, -0.2) is 45.2 Å². The van der Waals surface area contributed by atoms with Crippen LogP contribution in [0.2, 0.25) is 0 Å². The van der Waals surface area contributed by atoms with Crippen LogP contribution < -0.4 is 10.0 Å². The number of nitrogens with zero attached hydrogens (tertiary/aromatic N) is 2. The monoisotopic (exact) mass is 508 g/mol. The summed E-state index contributed by atoms with van der Waals surface area (Å²) in [5.74, 6) is -0.877. The van der Waals surface area contributed by atoms with E-state index in [1.807, 2.05) is 6.92 Å². The Morgan fingerprint density at radius 2 is 1.67 bits per heavy atom. The van der Waals surface area contributed by atoms with Crippen molar-refractivity contribution in [2.24, 2.45) is 0 Å². The standard InChI is InChI=1S/C21H24N4O5S3/c1-16-7-9-18(10-8-16)33(29,30)22-13-11-20-24-25-21(31-20)23-19(26)12-14-32(27,28)15-17-5-3-2-4-6-17/h2-10,22H,11-15H2,1H3,(H,23,25,26). The van der Waals surface area contributed by atoms with Gasteiger partial charge < -0.3 is 5.32 Å². The van der Waals surface area contributed by atoms with Crippen LogP contribution in [0.15, 0.2) is 59.5 Å². The van der Waals surface area contributed by atoms with E-state index in [2.05, 4.69) is 20.2 Å². The van der Waals surface area contributed by atoms with Gasteiger partial charge in [-0.15, -0.1) is 10.2 Å². The number of carbonyl (C=O) groups excluding carboxylic acids is 1. The third kappa shape index (κ3) is 8.00. The Balaban J connectivity index is 1.44. The second-order valence-electron chi connectivity index (χ2n) is 7.34. The molecular weight excluding hydrogens is 484 g/mol.